The Labute approximate surface area is 140 Å². The van der Waals surface area contributed by atoms with Crippen LogP contribution in [0, 0.1) is 5.82 Å². The van der Waals surface area contributed by atoms with Gasteiger partial charge in [0.1, 0.15) is 11.6 Å². The second kappa shape index (κ2) is 5.97. The zero-order valence-corrected chi connectivity index (χ0v) is 13.2. The Hall–Kier alpha value is -2.87. The van der Waals surface area contributed by atoms with E-state index in [2.05, 4.69) is 12.1 Å². The van der Waals surface area contributed by atoms with E-state index in [1.165, 1.54) is 11.6 Å². The van der Waals surface area contributed by atoms with Crippen molar-refractivity contribution in [3.05, 3.63) is 100 Å². The zero-order valence-electron chi connectivity index (χ0n) is 13.2. The van der Waals surface area contributed by atoms with Gasteiger partial charge in [-0.3, -0.25) is 0 Å². The van der Waals surface area contributed by atoms with Crippen LogP contribution < -0.4 is 0 Å². The lowest BCUT2D eigenvalue weighted by Crippen LogP contribution is -1.96. The van der Waals surface area contributed by atoms with Gasteiger partial charge in [0.2, 0.25) is 0 Å². The third-order valence-electron chi connectivity index (χ3n) is 4.54. The number of phenolic OH excluding ortho intramolecular Hbond substituents is 1. The van der Waals surface area contributed by atoms with Gasteiger partial charge < -0.3 is 5.11 Å². The molecular weight excluding hydrogens is 299 g/mol. The SMILES string of the molecule is Oc1cccc(/C=C2/c3ccccc3CCc3c(F)cccc32)c1. The number of fused-ring (bicyclic) bond motifs is 2. The van der Waals surface area contributed by atoms with Gasteiger partial charge in [0.15, 0.2) is 0 Å². The molecule has 3 aromatic carbocycles. The number of benzene rings is 3. The molecule has 1 nitrogen and oxygen atoms in total. The summed E-state index contributed by atoms with van der Waals surface area (Å²) >= 11 is 0. The molecule has 0 atom stereocenters. The Morgan fingerprint density at radius 3 is 2.50 bits per heavy atom. The average Bonchev–Trinajstić information content (AvgIpc) is 2.74. The van der Waals surface area contributed by atoms with Crippen LogP contribution in [0.25, 0.3) is 11.6 Å². The monoisotopic (exact) mass is 316 g/mol. The van der Waals surface area contributed by atoms with Gasteiger partial charge in [0, 0.05) is 0 Å². The fourth-order valence-corrected chi connectivity index (χ4v) is 3.41. The largest absolute Gasteiger partial charge is 0.508 e. The summed E-state index contributed by atoms with van der Waals surface area (Å²) in [4.78, 5) is 0. The van der Waals surface area contributed by atoms with Crippen molar-refractivity contribution in [3.63, 3.8) is 0 Å². The van der Waals surface area contributed by atoms with E-state index in [9.17, 15) is 9.50 Å². The molecule has 0 amide bonds. The molecule has 0 bridgehead atoms. The van der Waals surface area contributed by atoms with E-state index in [0.29, 0.717) is 6.42 Å². The summed E-state index contributed by atoms with van der Waals surface area (Å²) in [6.07, 6.45) is 3.54. The molecule has 118 valence electrons. The van der Waals surface area contributed by atoms with Crippen LogP contribution in [0.5, 0.6) is 5.75 Å². The number of aromatic hydroxyl groups is 1. The third-order valence-corrected chi connectivity index (χ3v) is 4.54. The number of rotatable bonds is 1. The number of hydrogen-bond acceptors (Lipinski definition) is 1. The predicted molar refractivity (Wildman–Crippen MR) is 95.3 cm³/mol. The average molecular weight is 316 g/mol. The first-order chi connectivity index (χ1) is 11.7. The van der Waals surface area contributed by atoms with Gasteiger partial charge in [-0.05, 0) is 70.5 Å². The normalized spacial score (nSPS) is 14.8. The summed E-state index contributed by atoms with van der Waals surface area (Å²) in [6.45, 7) is 0. The van der Waals surface area contributed by atoms with E-state index in [-0.39, 0.29) is 11.6 Å². The molecule has 2 heteroatoms. The van der Waals surface area contributed by atoms with Crippen LogP contribution in [0.1, 0.15) is 27.8 Å². The summed E-state index contributed by atoms with van der Waals surface area (Å²) in [5.74, 6) is 0.0767. The minimum absolute atomic E-state index is 0.151. The van der Waals surface area contributed by atoms with Gasteiger partial charge in [-0.1, -0.05) is 48.5 Å². The first kappa shape index (κ1) is 14.7. The Balaban J connectivity index is 1.99. The van der Waals surface area contributed by atoms with Crippen molar-refractivity contribution < 1.29 is 9.50 Å². The van der Waals surface area contributed by atoms with Crippen molar-refractivity contribution in [2.45, 2.75) is 12.8 Å². The van der Waals surface area contributed by atoms with Crippen molar-refractivity contribution in [3.8, 4) is 5.75 Å². The predicted octanol–water partition coefficient (Wildman–Crippen LogP) is 5.22. The minimum Gasteiger partial charge on any atom is -0.508 e. The van der Waals surface area contributed by atoms with Crippen molar-refractivity contribution >= 4 is 11.6 Å². The van der Waals surface area contributed by atoms with E-state index in [4.69, 9.17) is 0 Å². The maximum Gasteiger partial charge on any atom is 0.127 e. The highest BCUT2D eigenvalue weighted by Gasteiger charge is 2.20. The Morgan fingerprint density at radius 2 is 1.62 bits per heavy atom. The highest BCUT2D eigenvalue weighted by atomic mass is 19.1. The van der Waals surface area contributed by atoms with E-state index in [1.54, 1.807) is 18.2 Å². The molecule has 3 aromatic rings. The van der Waals surface area contributed by atoms with Crippen LogP contribution in [0.3, 0.4) is 0 Å². The molecule has 0 saturated carbocycles. The smallest absolute Gasteiger partial charge is 0.127 e. The fourth-order valence-electron chi connectivity index (χ4n) is 3.41. The molecule has 0 radical (unpaired) electrons. The molecule has 24 heavy (non-hydrogen) atoms. The maximum absolute atomic E-state index is 14.4. The summed E-state index contributed by atoms with van der Waals surface area (Å²) in [7, 11) is 0. The second-order valence-electron chi connectivity index (χ2n) is 6.08. The summed E-state index contributed by atoms with van der Waals surface area (Å²) in [5.41, 5.74) is 5.95. The van der Waals surface area contributed by atoms with E-state index >= 15 is 0 Å². The standard InChI is InChI=1S/C22H17FO/c23-22-10-4-9-19-20(22)12-11-16-6-1-2-8-18(16)21(19)14-15-5-3-7-17(24)13-15/h1-10,13-14,24H,11-12H2/b21-14-. The van der Waals surface area contributed by atoms with E-state index in [1.807, 2.05) is 36.4 Å². The minimum atomic E-state index is -0.151. The number of aryl methyl sites for hydroxylation is 1. The molecule has 0 aliphatic heterocycles. The van der Waals surface area contributed by atoms with Crippen LogP contribution >= 0.6 is 0 Å². The van der Waals surface area contributed by atoms with Crippen molar-refractivity contribution in [1.82, 2.24) is 0 Å². The van der Waals surface area contributed by atoms with Crippen LogP contribution in [-0.2, 0) is 12.8 Å². The fraction of sp³-hybridized carbons (Fsp3) is 0.0909. The number of phenols is 1. The van der Waals surface area contributed by atoms with Crippen molar-refractivity contribution in [1.29, 1.82) is 0 Å². The molecule has 4 rings (SSSR count). The Morgan fingerprint density at radius 1 is 0.833 bits per heavy atom. The third kappa shape index (κ3) is 2.61. The molecule has 1 aliphatic rings. The Bertz CT molecular complexity index is 940. The van der Waals surface area contributed by atoms with Crippen LogP contribution in [0.2, 0.25) is 0 Å². The highest BCUT2D eigenvalue weighted by Crippen LogP contribution is 2.36. The highest BCUT2D eigenvalue weighted by molar-refractivity contribution is 5.94. The van der Waals surface area contributed by atoms with Gasteiger partial charge in [0.25, 0.3) is 0 Å². The molecule has 1 N–H and O–H groups in total. The lowest BCUT2D eigenvalue weighted by molar-refractivity contribution is 0.475. The topological polar surface area (TPSA) is 20.2 Å². The number of halogens is 1. The van der Waals surface area contributed by atoms with Gasteiger partial charge in [-0.15, -0.1) is 0 Å². The molecule has 0 unspecified atom stereocenters. The lowest BCUT2D eigenvalue weighted by Gasteiger charge is -2.12. The van der Waals surface area contributed by atoms with Crippen LogP contribution in [0.15, 0.2) is 66.7 Å². The van der Waals surface area contributed by atoms with Gasteiger partial charge in [-0.25, -0.2) is 4.39 Å². The molecule has 0 aromatic heterocycles. The van der Waals surface area contributed by atoms with Gasteiger partial charge >= 0.3 is 0 Å². The quantitative estimate of drug-likeness (QED) is 0.652. The van der Waals surface area contributed by atoms with Gasteiger partial charge in [-0.2, -0.15) is 0 Å². The first-order valence-electron chi connectivity index (χ1n) is 8.09. The molecule has 0 fully saturated rings. The zero-order chi connectivity index (χ0) is 16.5. The lowest BCUT2D eigenvalue weighted by atomic mass is 9.92. The van der Waals surface area contributed by atoms with Crippen molar-refractivity contribution in [2.24, 2.45) is 0 Å². The Kier molecular flexibility index (Phi) is 3.66. The molecule has 0 heterocycles. The van der Waals surface area contributed by atoms with Gasteiger partial charge in [0.05, 0.1) is 0 Å². The summed E-state index contributed by atoms with van der Waals surface area (Å²) < 4.78 is 14.4. The maximum atomic E-state index is 14.4. The van der Waals surface area contributed by atoms with Crippen LogP contribution in [0.4, 0.5) is 4.39 Å². The summed E-state index contributed by atoms with van der Waals surface area (Å²) in [6, 6.07) is 20.6. The summed E-state index contributed by atoms with van der Waals surface area (Å²) in [5, 5.41) is 9.74. The van der Waals surface area contributed by atoms with Crippen LogP contribution in [-0.4, -0.2) is 5.11 Å². The molecule has 1 aliphatic carbocycles. The molecule has 0 saturated heterocycles. The van der Waals surface area contributed by atoms with E-state index < -0.39 is 0 Å². The van der Waals surface area contributed by atoms with E-state index in [0.717, 1.165) is 34.2 Å². The molecule has 0 spiro atoms. The number of hydrogen-bond donors (Lipinski definition) is 1. The second-order valence-corrected chi connectivity index (χ2v) is 6.08. The van der Waals surface area contributed by atoms with Crippen molar-refractivity contribution in [2.75, 3.05) is 0 Å². The first-order valence-corrected chi connectivity index (χ1v) is 8.09. The molecular formula is C22H17FO.